The van der Waals surface area contributed by atoms with E-state index < -0.39 is 0 Å². The van der Waals surface area contributed by atoms with Crippen LogP contribution in [0.15, 0.2) is 158 Å². The van der Waals surface area contributed by atoms with E-state index >= 15 is 0 Å². The minimum atomic E-state index is 0.206. The molecule has 4 bridgehead atoms. The molecule has 4 saturated carbocycles. The van der Waals surface area contributed by atoms with Crippen LogP contribution in [0.2, 0.25) is 0 Å². The molecule has 1 heterocycles. The second kappa shape index (κ2) is 13.0. The van der Waals surface area contributed by atoms with Crippen molar-refractivity contribution >= 4 is 0 Å². The fourth-order valence-electron chi connectivity index (χ4n) is 10.5. The summed E-state index contributed by atoms with van der Waals surface area (Å²) in [6.45, 7) is 0. The number of hydrogen-bond donors (Lipinski definition) is 0. The second-order valence-corrected chi connectivity index (χ2v) is 16.0. The number of rotatable bonds is 7. The Bertz CT molecular complexity index is 2440. The highest BCUT2D eigenvalue weighted by molar-refractivity contribution is 5.71. The first-order valence-corrected chi connectivity index (χ1v) is 19.2. The zero-order chi connectivity index (χ0) is 36.1. The molecule has 0 saturated heterocycles. The summed E-state index contributed by atoms with van der Waals surface area (Å²) in [6, 6.07) is 58.0. The Kier molecular flexibility index (Phi) is 7.84. The Labute approximate surface area is 317 Å². The maximum absolute atomic E-state index is 9.52. The van der Waals surface area contributed by atoms with E-state index in [9.17, 15) is 5.26 Å². The summed E-state index contributed by atoms with van der Waals surface area (Å²) in [7, 11) is 0. The normalized spacial score (nSPS) is 22.5. The first-order valence-electron chi connectivity index (χ1n) is 19.2. The highest BCUT2D eigenvalue weighted by atomic mass is 15.0. The molecule has 4 aliphatic rings. The van der Waals surface area contributed by atoms with Crippen LogP contribution in [0.3, 0.4) is 0 Å². The van der Waals surface area contributed by atoms with Crippen molar-refractivity contribution < 1.29 is 0 Å². The summed E-state index contributed by atoms with van der Waals surface area (Å²) < 4.78 is 0. The summed E-state index contributed by atoms with van der Waals surface area (Å²) >= 11 is 0. The van der Waals surface area contributed by atoms with Gasteiger partial charge in [-0.25, -0.2) is 15.0 Å². The average Bonchev–Trinajstić information content (AvgIpc) is 3.24. The predicted molar refractivity (Wildman–Crippen MR) is 216 cm³/mol. The Morgan fingerprint density at radius 2 is 0.870 bits per heavy atom. The van der Waals surface area contributed by atoms with Crippen molar-refractivity contribution in [1.29, 1.82) is 5.26 Å². The van der Waals surface area contributed by atoms with Gasteiger partial charge in [-0.2, -0.15) is 5.26 Å². The van der Waals surface area contributed by atoms with Crippen molar-refractivity contribution in [3.63, 3.8) is 0 Å². The standard InChI is InChI=1S/C50H40N4/c51-32-34-9-7-14-42(26-34)43-15-8-16-45(27-43)50-30-35-25-36(31-50)29-49(28-35,33-50)44-23-21-38(22-24-44)37-17-19-41(20-18-37)48-53-46(39-10-3-1-4-11-39)52-47(54-48)40-12-5-2-6-13-40/h1-24,26-27,35-36H,25,28-31,33H2. The van der Waals surface area contributed by atoms with Crippen LogP contribution in [0.1, 0.15) is 55.2 Å². The van der Waals surface area contributed by atoms with Crippen molar-refractivity contribution in [2.75, 3.05) is 0 Å². The van der Waals surface area contributed by atoms with Crippen LogP contribution in [0.5, 0.6) is 0 Å². The van der Waals surface area contributed by atoms with E-state index in [1.54, 1.807) is 0 Å². The number of nitrogens with zero attached hydrogens (tertiary/aromatic N) is 4. The van der Waals surface area contributed by atoms with E-state index in [1.807, 2.05) is 78.9 Å². The van der Waals surface area contributed by atoms with Crippen LogP contribution in [0, 0.1) is 23.2 Å². The number of hydrogen-bond acceptors (Lipinski definition) is 4. The molecule has 2 atom stereocenters. The van der Waals surface area contributed by atoms with Crippen molar-refractivity contribution in [2.45, 2.75) is 49.4 Å². The molecule has 7 aromatic rings. The van der Waals surface area contributed by atoms with Gasteiger partial charge in [0.2, 0.25) is 0 Å². The fourth-order valence-corrected chi connectivity index (χ4v) is 10.5. The molecule has 0 aliphatic heterocycles. The third kappa shape index (κ3) is 5.81. The molecule has 0 amide bonds. The lowest BCUT2D eigenvalue weighted by Gasteiger charge is -2.63. The molecule has 4 heteroatoms. The smallest absolute Gasteiger partial charge is 0.164 e. The minimum Gasteiger partial charge on any atom is -0.208 e. The molecule has 0 N–H and O–H groups in total. The molecule has 6 aromatic carbocycles. The maximum atomic E-state index is 9.52. The monoisotopic (exact) mass is 696 g/mol. The molecule has 260 valence electrons. The molecular formula is C50H40N4. The molecule has 1 aromatic heterocycles. The SMILES string of the molecule is N#Cc1cccc(-c2cccc(C34CC5CC(CC(c6ccc(-c7ccc(-c8nc(-c9ccccc9)nc(-c9ccccc9)n8)cc7)cc6)(C5)C3)C4)c2)c1. The van der Waals surface area contributed by atoms with Gasteiger partial charge in [-0.05, 0) is 107 Å². The molecule has 11 rings (SSSR count). The van der Waals surface area contributed by atoms with Gasteiger partial charge in [-0.1, -0.05) is 146 Å². The van der Waals surface area contributed by atoms with Crippen molar-refractivity contribution in [3.8, 4) is 62.5 Å². The van der Waals surface area contributed by atoms with Gasteiger partial charge in [0, 0.05) is 16.7 Å². The van der Waals surface area contributed by atoms with Gasteiger partial charge in [0.05, 0.1) is 11.6 Å². The molecule has 54 heavy (non-hydrogen) atoms. The zero-order valence-electron chi connectivity index (χ0n) is 30.2. The summed E-state index contributed by atoms with van der Waals surface area (Å²) in [5, 5.41) is 9.52. The van der Waals surface area contributed by atoms with Gasteiger partial charge in [-0.15, -0.1) is 0 Å². The van der Waals surface area contributed by atoms with Gasteiger partial charge in [0.25, 0.3) is 0 Å². The number of aromatic nitrogens is 3. The van der Waals surface area contributed by atoms with Gasteiger partial charge in [0.1, 0.15) is 0 Å². The molecule has 0 spiro atoms. The third-order valence-corrected chi connectivity index (χ3v) is 12.5. The van der Waals surface area contributed by atoms with Crippen LogP contribution in [-0.2, 0) is 10.8 Å². The highest BCUT2D eigenvalue weighted by Crippen LogP contribution is 2.66. The lowest BCUT2D eigenvalue weighted by Crippen LogP contribution is -2.55. The van der Waals surface area contributed by atoms with Crippen LogP contribution in [-0.4, -0.2) is 15.0 Å². The highest BCUT2D eigenvalue weighted by Gasteiger charge is 2.58. The Morgan fingerprint density at radius 1 is 0.426 bits per heavy atom. The largest absolute Gasteiger partial charge is 0.208 e. The van der Waals surface area contributed by atoms with Crippen LogP contribution >= 0.6 is 0 Å². The van der Waals surface area contributed by atoms with Crippen molar-refractivity contribution in [2.24, 2.45) is 11.8 Å². The Balaban J connectivity index is 0.932. The van der Waals surface area contributed by atoms with Gasteiger partial charge >= 0.3 is 0 Å². The Hall–Kier alpha value is -6.18. The molecule has 4 nitrogen and oxygen atoms in total. The summed E-state index contributed by atoms with van der Waals surface area (Å²) in [6.07, 6.45) is 7.76. The molecule has 4 aliphatic carbocycles. The van der Waals surface area contributed by atoms with E-state index in [0.717, 1.165) is 34.1 Å². The molecule has 4 fully saturated rings. The first-order chi connectivity index (χ1) is 26.5. The van der Waals surface area contributed by atoms with Crippen LogP contribution in [0.25, 0.3) is 56.4 Å². The van der Waals surface area contributed by atoms with Crippen molar-refractivity contribution in [3.05, 3.63) is 174 Å². The van der Waals surface area contributed by atoms with Crippen LogP contribution in [0.4, 0.5) is 0 Å². The summed E-state index contributed by atoms with van der Waals surface area (Å²) in [5.41, 5.74) is 11.8. The van der Waals surface area contributed by atoms with Crippen molar-refractivity contribution in [1.82, 2.24) is 15.0 Å². The van der Waals surface area contributed by atoms with Gasteiger partial charge < -0.3 is 0 Å². The van der Waals surface area contributed by atoms with Gasteiger partial charge in [0.15, 0.2) is 17.5 Å². The number of nitriles is 1. The molecule has 2 unspecified atom stereocenters. The Morgan fingerprint density at radius 3 is 1.43 bits per heavy atom. The lowest BCUT2D eigenvalue weighted by molar-refractivity contribution is -0.0281. The first kappa shape index (κ1) is 32.5. The van der Waals surface area contributed by atoms with E-state index in [2.05, 4.69) is 84.9 Å². The maximum Gasteiger partial charge on any atom is 0.164 e. The quantitative estimate of drug-likeness (QED) is 0.166. The topological polar surface area (TPSA) is 62.5 Å². The minimum absolute atomic E-state index is 0.206. The second-order valence-electron chi connectivity index (χ2n) is 16.0. The van der Waals surface area contributed by atoms with E-state index in [1.165, 1.54) is 66.3 Å². The summed E-state index contributed by atoms with van der Waals surface area (Å²) in [5.74, 6) is 3.54. The van der Waals surface area contributed by atoms with E-state index in [4.69, 9.17) is 15.0 Å². The summed E-state index contributed by atoms with van der Waals surface area (Å²) in [4.78, 5) is 14.7. The lowest BCUT2D eigenvalue weighted by atomic mass is 9.41. The molecule has 0 radical (unpaired) electrons. The van der Waals surface area contributed by atoms with E-state index in [0.29, 0.717) is 23.0 Å². The molecular weight excluding hydrogens is 657 g/mol. The predicted octanol–water partition coefficient (Wildman–Crippen LogP) is 11.9. The fraction of sp³-hybridized carbons (Fsp3) is 0.200. The third-order valence-electron chi connectivity index (χ3n) is 12.5. The zero-order valence-corrected chi connectivity index (χ0v) is 30.2. The number of benzene rings is 6. The van der Waals surface area contributed by atoms with Crippen LogP contribution < -0.4 is 0 Å². The van der Waals surface area contributed by atoms with E-state index in [-0.39, 0.29) is 10.8 Å². The van der Waals surface area contributed by atoms with Gasteiger partial charge in [-0.3, -0.25) is 0 Å². The average molecular weight is 697 g/mol.